The highest BCUT2D eigenvalue weighted by Gasteiger charge is 2.31. The summed E-state index contributed by atoms with van der Waals surface area (Å²) in [5, 5.41) is 2.31. The Kier molecular flexibility index (Phi) is 4.82. The number of ether oxygens (including phenoxy) is 1. The molecule has 0 atom stereocenters. The first-order chi connectivity index (χ1) is 11.1. The number of hydrogen-bond acceptors (Lipinski definition) is 6. The van der Waals surface area contributed by atoms with Gasteiger partial charge in [-0.2, -0.15) is 0 Å². The van der Waals surface area contributed by atoms with Crippen LogP contribution in [0, 0.1) is 0 Å². The maximum absolute atomic E-state index is 12.0. The number of methoxy groups -OCH3 is 1. The second-order valence-electron chi connectivity index (χ2n) is 5.43. The van der Waals surface area contributed by atoms with Crippen LogP contribution in [0.15, 0.2) is 17.5 Å². The summed E-state index contributed by atoms with van der Waals surface area (Å²) in [7, 11) is 1.33. The van der Waals surface area contributed by atoms with Crippen LogP contribution in [0.1, 0.15) is 46.9 Å². The molecule has 0 bridgehead atoms. The number of carbonyl (C=O) groups excluding carboxylic acids is 1. The van der Waals surface area contributed by atoms with Gasteiger partial charge in [0.1, 0.15) is 10.8 Å². The summed E-state index contributed by atoms with van der Waals surface area (Å²) in [5.41, 5.74) is 0.158. The van der Waals surface area contributed by atoms with Crippen LogP contribution in [0.3, 0.4) is 0 Å². The van der Waals surface area contributed by atoms with Crippen LogP contribution in [-0.2, 0) is 11.3 Å². The van der Waals surface area contributed by atoms with E-state index in [0.29, 0.717) is 24.1 Å². The predicted molar refractivity (Wildman–Crippen MR) is 91.4 cm³/mol. The van der Waals surface area contributed by atoms with Gasteiger partial charge in [0.2, 0.25) is 0 Å². The van der Waals surface area contributed by atoms with Gasteiger partial charge in [-0.15, -0.1) is 11.3 Å². The quantitative estimate of drug-likeness (QED) is 0.739. The number of halogens is 1. The number of nitrogens with zero attached hydrogens (tertiary/aromatic N) is 3. The van der Waals surface area contributed by atoms with Gasteiger partial charge in [0.15, 0.2) is 11.5 Å². The molecule has 1 aliphatic rings. The van der Waals surface area contributed by atoms with Crippen LogP contribution in [0.4, 0.5) is 5.82 Å². The summed E-state index contributed by atoms with van der Waals surface area (Å²) in [5.74, 6) is 1.11. The maximum atomic E-state index is 12.0. The summed E-state index contributed by atoms with van der Waals surface area (Å²) < 4.78 is 4.82. The molecule has 2 aromatic heterocycles. The van der Waals surface area contributed by atoms with Crippen molar-refractivity contribution in [1.82, 2.24) is 9.97 Å². The smallest absolute Gasteiger partial charge is 0.358 e. The second kappa shape index (κ2) is 6.84. The first-order valence-corrected chi connectivity index (χ1v) is 8.82. The van der Waals surface area contributed by atoms with Gasteiger partial charge in [0, 0.05) is 17.3 Å². The molecule has 7 heteroatoms. The first-order valence-electron chi connectivity index (χ1n) is 7.57. The first kappa shape index (κ1) is 16.2. The third-order valence-corrected chi connectivity index (χ3v) is 4.99. The molecular weight excluding hydrogens is 334 g/mol. The summed E-state index contributed by atoms with van der Waals surface area (Å²) in [6.45, 7) is 3.48. The number of aromatic nitrogens is 2. The van der Waals surface area contributed by atoms with Crippen LogP contribution >= 0.6 is 22.9 Å². The van der Waals surface area contributed by atoms with E-state index in [0.717, 1.165) is 19.4 Å². The monoisotopic (exact) mass is 351 g/mol. The van der Waals surface area contributed by atoms with E-state index in [2.05, 4.69) is 20.9 Å². The summed E-state index contributed by atoms with van der Waals surface area (Å²) >= 11 is 8.11. The SMILES string of the molecule is CCN(Cc1cccs1)c1nc(C2CC2)nc(C(=O)OC)c1Cl. The zero-order valence-corrected chi connectivity index (χ0v) is 14.7. The summed E-state index contributed by atoms with van der Waals surface area (Å²) in [6.07, 6.45) is 2.11. The van der Waals surface area contributed by atoms with Gasteiger partial charge in [-0.05, 0) is 31.2 Å². The Labute approximate surface area is 144 Å². The van der Waals surface area contributed by atoms with Gasteiger partial charge >= 0.3 is 5.97 Å². The lowest BCUT2D eigenvalue weighted by Gasteiger charge is -2.23. The standard InChI is InChI=1S/C16H18ClN3O2S/c1-3-20(9-11-5-4-8-23-11)15-12(17)13(16(21)22-2)18-14(19-15)10-6-7-10/h4-5,8,10H,3,6-7,9H2,1-2H3. The fourth-order valence-corrected chi connectivity index (χ4v) is 3.35. The highest BCUT2D eigenvalue weighted by atomic mass is 35.5. The van der Waals surface area contributed by atoms with Crippen molar-refractivity contribution in [2.45, 2.75) is 32.2 Å². The number of rotatable bonds is 6. The van der Waals surface area contributed by atoms with Crippen molar-refractivity contribution in [3.8, 4) is 0 Å². The van der Waals surface area contributed by atoms with Crippen molar-refractivity contribution < 1.29 is 9.53 Å². The summed E-state index contributed by atoms with van der Waals surface area (Å²) in [6, 6.07) is 4.09. The number of anilines is 1. The van der Waals surface area contributed by atoms with Gasteiger partial charge in [-0.1, -0.05) is 17.7 Å². The molecule has 0 radical (unpaired) electrons. The Balaban J connectivity index is 2.01. The fourth-order valence-electron chi connectivity index (χ4n) is 2.34. The van der Waals surface area contributed by atoms with E-state index in [4.69, 9.17) is 16.3 Å². The van der Waals surface area contributed by atoms with E-state index >= 15 is 0 Å². The van der Waals surface area contributed by atoms with E-state index in [1.54, 1.807) is 11.3 Å². The van der Waals surface area contributed by atoms with Crippen molar-refractivity contribution in [3.05, 3.63) is 38.9 Å². The maximum Gasteiger partial charge on any atom is 0.358 e. The molecule has 2 heterocycles. The number of hydrogen-bond donors (Lipinski definition) is 0. The van der Waals surface area contributed by atoms with Crippen molar-refractivity contribution >= 4 is 34.7 Å². The molecule has 0 saturated heterocycles. The fraction of sp³-hybridized carbons (Fsp3) is 0.438. The van der Waals surface area contributed by atoms with Crippen LogP contribution in [0.25, 0.3) is 0 Å². The topological polar surface area (TPSA) is 55.3 Å². The minimum Gasteiger partial charge on any atom is -0.464 e. The van der Waals surface area contributed by atoms with Gasteiger partial charge in [0.25, 0.3) is 0 Å². The van der Waals surface area contributed by atoms with Crippen molar-refractivity contribution in [2.24, 2.45) is 0 Å². The van der Waals surface area contributed by atoms with E-state index in [9.17, 15) is 4.79 Å². The van der Waals surface area contributed by atoms with Crippen molar-refractivity contribution in [2.75, 3.05) is 18.6 Å². The molecule has 0 N–H and O–H groups in total. The molecule has 0 unspecified atom stereocenters. The van der Waals surface area contributed by atoms with E-state index in [-0.39, 0.29) is 10.7 Å². The second-order valence-corrected chi connectivity index (χ2v) is 6.84. The van der Waals surface area contributed by atoms with Crippen molar-refractivity contribution in [1.29, 1.82) is 0 Å². The van der Waals surface area contributed by atoms with Crippen LogP contribution in [0.5, 0.6) is 0 Å². The molecule has 1 aliphatic carbocycles. The van der Waals surface area contributed by atoms with E-state index < -0.39 is 5.97 Å². The zero-order valence-electron chi connectivity index (χ0n) is 13.1. The number of carbonyl (C=O) groups is 1. The van der Waals surface area contributed by atoms with Gasteiger partial charge in [0.05, 0.1) is 13.7 Å². The molecule has 0 spiro atoms. The Morgan fingerprint density at radius 3 is 2.83 bits per heavy atom. The lowest BCUT2D eigenvalue weighted by Crippen LogP contribution is -2.25. The average molecular weight is 352 g/mol. The average Bonchev–Trinajstić information content (AvgIpc) is 3.29. The third-order valence-electron chi connectivity index (χ3n) is 3.78. The minimum atomic E-state index is -0.521. The Morgan fingerprint density at radius 1 is 1.48 bits per heavy atom. The predicted octanol–water partition coefficient (Wildman–Crippen LogP) is 3.88. The minimum absolute atomic E-state index is 0.158. The molecular formula is C16H18ClN3O2S. The molecule has 1 saturated carbocycles. The molecule has 0 aliphatic heterocycles. The molecule has 122 valence electrons. The number of esters is 1. The van der Waals surface area contributed by atoms with Crippen LogP contribution in [-0.4, -0.2) is 29.6 Å². The van der Waals surface area contributed by atoms with Crippen molar-refractivity contribution in [3.63, 3.8) is 0 Å². The lowest BCUT2D eigenvalue weighted by atomic mass is 10.3. The van der Waals surface area contributed by atoms with Gasteiger partial charge in [-0.3, -0.25) is 0 Å². The third kappa shape index (κ3) is 3.48. The largest absolute Gasteiger partial charge is 0.464 e. The van der Waals surface area contributed by atoms with Crippen LogP contribution < -0.4 is 4.90 Å². The molecule has 23 heavy (non-hydrogen) atoms. The molecule has 5 nitrogen and oxygen atoms in total. The molecule has 0 aromatic carbocycles. The highest BCUT2D eigenvalue weighted by Crippen LogP contribution is 2.40. The lowest BCUT2D eigenvalue weighted by molar-refractivity contribution is 0.0593. The Morgan fingerprint density at radius 2 is 2.26 bits per heavy atom. The number of thiophene rings is 1. The molecule has 2 aromatic rings. The Bertz CT molecular complexity index is 702. The molecule has 1 fully saturated rings. The highest BCUT2D eigenvalue weighted by molar-refractivity contribution is 7.09. The van der Waals surface area contributed by atoms with E-state index in [1.165, 1.54) is 12.0 Å². The zero-order chi connectivity index (χ0) is 16.4. The van der Waals surface area contributed by atoms with Crippen LogP contribution in [0.2, 0.25) is 5.02 Å². The molecule has 0 amide bonds. The summed E-state index contributed by atoms with van der Waals surface area (Å²) in [4.78, 5) is 24.3. The normalized spacial score (nSPS) is 13.9. The van der Waals surface area contributed by atoms with E-state index in [1.807, 2.05) is 18.4 Å². The Hall–Kier alpha value is -1.66. The van der Waals surface area contributed by atoms with Gasteiger partial charge < -0.3 is 9.64 Å². The van der Waals surface area contributed by atoms with Gasteiger partial charge in [-0.25, -0.2) is 14.8 Å². The molecule has 3 rings (SSSR count).